The molecule has 0 spiro atoms. The number of benzene rings is 2. The Hall–Kier alpha value is -2.81. The second-order valence-corrected chi connectivity index (χ2v) is 7.05. The van der Waals surface area contributed by atoms with Crippen LogP contribution in [0.2, 0.25) is 0 Å². The second-order valence-electron chi connectivity index (χ2n) is 7.05. The number of guanidine groups is 1. The van der Waals surface area contributed by atoms with Crippen LogP contribution in [0.3, 0.4) is 0 Å². The number of hydrogen-bond acceptors (Lipinski definition) is 2. The second kappa shape index (κ2) is 10.3. The molecule has 4 aromatic rings. The van der Waals surface area contributed by atoms with Crippen molar-refractivity contribution in [2.75, 3.05) is 20.6 Å². The van der Waals surface area contributed by atoms with E-state index >= 15 is 0 Å². The fourth-order valence-electron chi connectivity index (χ4n) is 3.54. The van der Waals surface area contributed by atoms with E-state index in [4.69, 9.17) is 0 Å². The lowest BCUT2D eigenvalue weighted by Crippen LogP contribution is -2.39. The summed E-state index contributed by atoms with van der Waals surface area (Å²) in [5, 5.41) is 4.73. The van der Waals surface area contributed by atoms with Gasteiger partial charge in [-0.05, 0) is 23.6 Å². The monoisotopic (exact) mass is 514 g/mol. The van der Waals surface area contributed by atoms with E-state index < -0.39 is 0 Å². The molecule has 0 aliphatic rings. The molecule has 2 heterocycles. The van der Waals surface area contributed by atoms with Crippen molar-refractivity contribution in [2.24, 2.45) is 4.99 Å². The highest BCUT2D eigenvalue weighted by Gasteiger charge is 2.10. The summed E-state index contributed by atoms with van der Waals surface area (Å²) in [7, 11) is 3.83. The molecule has 6 nitrogen and oxygen atoms in total. The van der Waals surface area contributed by atoms with Gasteiger partial charge in [0.2, 0.25) is 0 Å². The molecule has 2 aromatic heterocycles. The topological polar surface area (TPSA) is 72.1 Å². The average Bonchev–Trinajstić information content (AvgIpc) is 3.39. The quantitative estimate of drug-likeness (QED) is 0.203. The smallest absolute Gasteiger partial charge is 0.193 e. The Labute approximate surface area is 193 Å². The molecule has 0 amide bonds. The number of imidazole rings is 1. The maximum atomic E-state index is 4.52. The maximum absolute atomic E-state index is 4.52. The standard InChI is InChI=1S/C23H26N6.HI/c1-24-23(25-13-12-18-14-26-20-11-7-6-10-19(18)20)29(2)16-22-27-15-21(28-22)17-8-4-3-5-9-17;/h3-11,14-15,26H,12-13,16H2,1-2H3,(H,24,25)(H,27,28);1H. The number of halogens is 1. The summed E-state index contributed by atoms with van der Waals surface area (Å²) in [5.41, 5.74) is 4.65. The molecule has 3 N–H and O–H groups in total. The fraction of sp³-hybridized carbons (Fsp3) is 0.217. The van der Waals surface area contributed by atoms with Gasteiger partial charge in [-0.3, -0.25) is 4.99 Å². The van der Waals surface area contributed by atoms with Crippen molar-refractivity contribution in [1.29, 1.82) is 0 Å². The van der Waals surface area contributed by atoms with Crippen LogP contribution in [0.1, 0.15) is 11.4 Å². The van der Waals surface area contributed by atoms with Crippen LogP contribution < -0.4 is 5.32 Å². The lowest BCUT2D eigenvalue weighted by atomic mass is 10.1. The number of para-hydroxylation sites is 1. The Bertz CT molecular complexity index is 1100. The Morgan fingerprint density at radius 2 is 1.87 bits per heavy atom. The van der Waals surface area contributed by atoms with E-state index in [2.05, 4.69) is 72.8 Å². The van der Waals surface area contributed by atoms with Crippen LogP contribution in [0, 0.1) is 0 Å². The fourth-order valence-corrected chi connectivity index (χ4v) is 3.54. The van der Waals surface area contributed by atoms with Crippen LogP contribution in [-0.4, -0.2) is 46.5 Å². The van der Waals surface area contributed by atoms with Crippen molar-refractivity contribution >= 4 is 40.8 Å². The number of hydrogen-bond donors (Lipinski definition) is 3. The minimum atomic E-state index is 0. The zero-order valence-electron chi connectivity index (χ0n) is 17.2. The van der Waals surface area contributed by atoms with Crippen LogP contribution in [0.25, 0.3) is 22.2 Å². The number of H-pyrrole nitrogens is 2. The Kier molecular flexibility index (Phi) is 7.51. The number of aliphatic imine (C=N–C) groups is 1. The van der Waals surface area contributed by atoms with Gasteiger partial charge in [0.25, 0.3) is 0 Å². The van der Waals surface area contributed by atoms with Crippen LogP contribution >= 0.6 is 24.0 Å². The van der Waals surface area contributed by atoms with Crippen molar-refractivity contribution in [3.63, 3.8) is 0 Å². The molecule has 7 heteroatoms. The van der Waals surface area contributed by atoms with Gasteiger partial charge in [-0.15, -0.1) is 24.0 Å². The summed E-state index contributed by atoms with van der Waals surface area (Å²) in [6.45, 7) is 1.46. The first-order valence-corrected chi connectivity index (χ1v) is 9.80. The molecule has 0 saturated carbocycles. The van der Waals surface area contributed by atoms with Crippen molar-refractivity contribution in [2.45, 2.75) is 13.0 Å². The van der Waals surface area contributed by atoms with Gasteiger partial charge in [-0.25, -0.2) is 4.98 Å². The number of nitrogens with zero attached hydrogens (tertiary/aromatic N) is 3. The summed E-state index contributed by atoms with van der Waals surface area (Å²) >= 11 is 0. The minimum absolute atomic E-state index is 0. The molecule has 156 valence electrons. The number of aromatic nitrogens is 3. The third kappa shape index (κ3) is 5.02. The van der Waals surface area contributed by atoms with Gasteiger partial charge in [-0.2, -0.15) is 0 Å². The number of rotatable bonds is 6. The number of nitrogens with one attached hydrogen (secondary N) is 3. The molecule has 0 fully saturated rings. The highest BCUT2D eigenvalue weighted by Crippen LogP contribution is 2.18. The maximum Gasteiger partial charge on any atom is 0.193 e. The Balaban J connectivity index is 0.00000256. The summed E-state index contributed by atoms with van der Waals surface area (Å²) in [5.74, 6) is 1.76. The number of aromatic amines is 2. The van der Waals surface area contributed by atoms with Gasteiger partial charge >= 0.3 is 0 Å². The SMILES string of the molecule is CN=C(NCCc1c[nH]c2ccccc12)N(C)Cc1ncc(-c2ccccc2)[nH]1.I. The van der Waals surface area contributed by atoms with E-state index in [9.17, 15) is 0 Å². The van der Waals surface area contributed by atoms with Crippen LogP contribution in [0.4, 0.5) is 0 Å². The Morgan fingerprint density at radius 3 is 2.67 bits per heavy atom. The van der Waals surface area contributed by atoms with Gasteiger partial charge in [-0.1, -0.05) is 48.5 Å². The lowest BCUT2D eigenvalue weighted by Gasteiger charge is -2.21. The van der Waals surface area contributed by atoms with E-state index in [0.717, 1.165) is 36.0 Å². The van der Waals surface area contributed by atoms with Gasteiger partial charge in [0.15, 0.2) is 5.96 Å². The Morgan fingerprint density at radius 1 is 1.10 bits per heavy atom. The summed E-state index contributed by atoms with van der Waals surface area (Å²) in [4.78, 5) is 17.7. The van der Waals surface area contributed by atoms with E-state index in [1.165, 1.54) is 16.5 Å². The molecular formula is C23H27IN6. The zero-order valence-corrected chi connectivity index (χ0v) is 19.6. The van der Waals surface area contributed by atoms with Crippen molar-refractivity contribution in [3.8, 4) is 11.3 Å². The van der Waals surface area contributed by atoms with Crippen molar-refractivity contribution in [1.82, 2.24) is 25.2 Å². The molecule has 0 aliphatic carbocycles. The van der Waals surface area contributed by atoms with Gasteiger partial charge in [0, 0.05) is 37.7 Å². The predicted molar refractivity (Wildman–Crippen MR) is 134 cm³/mol. The molecule has 30 heavy (non-hydrogen) atoms. The zero-order chi connectivity index (χ0) is 20.1. The lowest BCUT2D eigenvalue weighted by molar-refractivity contribution is 0.464. The predicted octanol–water partition coefficient (Wildman–Crippen LogP) is 4.43. The summed E-state index contributed by atoms with van der Waals surface area (Å²) in [6.07, 6.45) is 4.90. The normalized spacial score (nSPS) is 11.3. The summed E-state index contributed by atoms with van der Waals surface area (Å²) in [6, 6.07) is 18.6. The first-order chi connectivity index (χ1) is 14.2. The molecule has 0 unspecified atom stereocenters. The first-order valence-electron chi connectivity index (χ1n) is 9.80. The van der Waals surface area contributed by atoms with Crippen LogP contribution in [-0.2, 0) is 13.0 Å². The van der Waals surface area contributed by atoms with E-state index in [1.54, 1.807) is 0 Å². The summed E-state index contributed by atoms with van der Waals surface area (Å²) < 4.78 is 0. The van der Waals surface area contributed by atoms with Gasteiger partial charge < -0.3 is 20.2 Å². The van der Waals surface area contributed by atoms with Crippen LogP contribution in [0.15, 0.2) is 72.0 Å². The van der Waals surface area contributed by atoms with Gasteiger partial charge in [0.1, 0.15) is 5.82 Å². The molecule has 0 bridgehead atoms. The highest BCUT2D eigenvalue weighted by molar-refractivity contribution is 14.0. The van der Waals surface area contributed by atoms with E-state index in [-0.39, 0.29) is 24.0 Å². The van der Waals surface area contributed by atoms with E-state index in [1.807, 2.05) is 38.5 Å². The third-order valence-electron chi connectivity index (χ3n) is 5.03. The molecule has 0 aliphatic heterocycles. The largest absolute Gasteiger partial charge is 0.361 e. The van der Waals surface area contributed by atoms with Gasteiger partial charge in [0.05, 0.1) is 18.4 Å². The van der Waals surface area contributed by atoms with Crippen molar-refractivity contribution in [3.05, 3.63) is 78.4 Å². The molecule has 0 atom stereocenters. The highest BCUT2D eigenvalue weighted by atomic mass is 127. The average molecular weight is 514 g/mol. The molecule has 2 aromatic carbocycles. The molecule has 4 rings (SSSR count). The number of fused-ring (bicyclic) bond motifs is 1. The van der Waals surface area contributed by atoms with Crippen LogP contribution in [0.5, 0.6) is 0 Å². The van der Waals surface area contributed by atoms with E-state index in [0.29, 0.717) is 6.54 Å². The molecular weight excluding hydrogens is 487 g/mol. The minimum Gasteiger partial charge on any atom is -0.361 e. The molecule has 0 radical (unpaired) electrons. The van der Waals surface area contributed by atoms with Crippen molar-refractivity contribution < 1.29 is 0 Å². The third-order valence-corrected chi connectivity index (χ3v) is 5.03. The molecule has 0 saturated heterocycles. The first kappa shape index (κ1) is 21.9.